The molecule has 1 aliphatic carbocycles. The minimum atomic E-state index is 1.02. The third-order valence-electron chi connectivity index (χ3n) is 1.25. The second-order valence-electron chi connectivity index (χ2n) is 2.11. The van der Waals surface area contributed by atoms with E-state index in [1.165, 1.54) is 0 Å². The van der Waals surface area contributed by atoms with E-state index in [0.717, 1.165) is 12.8 Å². The van der Waals surface area contributed by atoms with Crippen molar-refractivity contribution in [3.63, 3.8) is 0 Å². The van der Waals surface area contributed by atoms with Gasteiger partial charge in [-0.05, 0) is 18.9 Å². The molecule has 0 unspecified atom stereocenters. The summed E-state index contributed by atoms with van der Waals surface area (Å²) >= 11 is 0. The normalized spacial score (nSPS) is 30.4. The van der Waals surface area contributed by atoms with Crippen molar-refractivity contribution >= 4 is 0 Å². The highest BCUT2D eigenvalue weighted by atomic mass is 13.8. The molecule has 0 saturated heterocycles. The average molecular weight is 131 g/mol. The number of allylic oxidation sites excluding steroid dienone is 8. The molecule has 0 amide bonds. The lowest BCUT2D eigenvalue weighted by Gasteiger charge is -1.84. The monoisotopic (exact) mass is 131 g/mol. The fourth-order valence-corrected chi connectivity index (χ4v) is 0.741. The van der Waals surface area contributed by atoms with Crippen molar-refractivity contribution in [2.45, 2.75) is 12.8 Å². The van der Waals surface area contributed by atoms with Gasteiger partial charge in [0.15, 0.2) is 0 Å². The Balaban J connectivity index is 2.53. The average Bonchev–Trinajstić information content (AvgIpc) is 2.01. The maximum absolute atomic E-state index is 3.16. The molecular formula is C10H11. The van der Waals surface area contributed by atoms with Crippen LogP contribution in [0.2, 0.25) is 0 Å². The Morgan fingerprint density at radius 2 is 1.70 bits per heavy atom. The minimum absolute atomic E-state index is 1.02. The van der Waals surface area contributed by atoms with Crippen LogP contribution in [0.15, 0.2) is 42.5 Å². The van der Waals surface area contributed by atoms with Gasteiger partial charge in [-0.15, -0.1) is 0 Å². The molecule has 0 atom stereocenters. The summed E-state index contributed by atoms with van der Waals surface area (Å²) in [5.74, 6) is 0. The van der Waals surface area contributed by atoms with Crippen molar-refractivity contribution < 1.29 is 0 Å². The summed E-state index contributed by atoms with van der Waals surface area (Å²) < 4.78 is 0. The van der Waals surface area contributed by atoms with Crippen LogP contribution in [-0.4, -0.2) is 0 Å². The summed E-state index contributed by atoms with van der Waals surface area (Å²) in [5.41, 5.74) is 0. The van der Waals surface area contributed by atoms with Crippen LogP contribution >= 0.6 is 0 Å². The zero-order valence-corrected chi connectivity index (χ0v) is 5.96. The molecular weight excluding hydrogens is 120 g/mol. The van der Waals surface area contributed by atoms with Gasteiger partial charge < -0.3 is 0 Å². The van der Waals surface area contributed by atoms with Gasteiger partial charge in [0.1, 0.15) is 0 Å². The van der Waals surface area contributed by atoms with Gasteiger partial charge in [-0.2, -0.15) is 0 Å². The van der Waals surface area contributed by atoms with E-state index in [1.807, 2.05) is 30.4 Å². The van der Waals surface area contributed by atoms with Crippen LogP contribution in [0.4, 0.5) is 0 Å². The lowest BCUT2D eigenvalue weighted by Crippen LogP contribution is -1.65. The zero-order chi connectivity index (χ0) is 7.07. The largest absolute Gasteiger partial charge is 0.0842 e. The highest BCUT2D eigenvalue weighted by molar-refractivity contribution is 5.15. The molecule has 0 bridgehead atoms. The van der Waals surface area contributed by atoms with E-state index in [9.17, 15) is 0 Å². The molecule has 0 heterocycles. The molecule has 1 rings (SSSR count). The van der Waals surface area contributed by atoms with Gasteiger partial charge in [0.25, 0.3) is 0 Å². The molecule has 10 heavy (non-hydrogen) atoms. The molecule has 0 aromatic carbocycles. The molecule has 0 N–H and O–H groups in total. The van der Waals surface area contributed by atoms with Crippen LogP contribution < -0.4 is 0 Å². The number of hydrogen-bond donors (Lipinski definition) is 0. The van der Waals surface area contributed by atoms with Crippen molar-refractivity contribution in [3.8, 4) is 0 Å². The van der Waals surface area contributed by atoms with E-state index in [-0.39, 0.29) is 0 Å². The van der Waals surface area contributed by atoms with Crippen LogP contribution in [0.5, 0.6) is 0 Å². The van der Waals surface area contributed by atoms with Crippen LogP contribution in [0.3, 0.4) is 0 Å². The lowest BCUT2D eigenvalue weighted by molar-refractivity contribution is 1.03. The minimum Gasteiger partial charge on any atom is -0.0842 e. The van der Waals surface area contributed by atoms with Crippen LogP contribution in [0.25, 0.3) is 0 Å². The van der Waals surface area contributed by atoms with Crippen LogP contribution in [0.1, 0.15) is 12.8 Å². The molecule has 0 heteroatoms. The smallest absolute Gasteiger partial charge is 0.0241 e. The molecule has 0 aliphatic heterocycles. The summed E-state index contributed by atoms with van der Waals surface area (Å²) in [6, 6.07) is 0. The van der Waals surface area contributed by atoms with Gasteiger partial charge in [0, 0.05) is 0 Å². The van der Waals surface area contributed by atoms with E-state index in [1.54, 1.807) is 0 Å². The zero-order valence-electron chi connectivity index (χ0n) is 5.96. The summed E-state index contributed by atoms with van der Waals surface area (Å²) in [6.07, 6.45) is 19.5. The summed E-state index contributed by atoms with van der Waals surface area (Å²) in [5, 5.41) is 0. The third kappa shape index (κ3) is 3.08. The Kier molecular flexibility index (Phi) is 3.40. The Morgan fingerprint density at radius 1 is 0.900 bits per heavy atom. The summed E-state index contributed by atoms with van der Waals surface area (Å²) in [4.78, 5) is 0. The second kappa shape index (κ2) is 4.80. The second-order valence-corrected chi connectivity index (χ2v) is 2.11. The third-order valence-corrected chi connectivity index (χ3v) is 1.25. The fourth-order valence-electron chi connectivity index (χ4n) is 0.741. The molecule has 51 valence electrons. The Hall–Kier alpha value is -1.04. The van der Waals surface area contributed by atoms with E-state index in [2.05, 4.69) is 18.2 Å². The molecule has 0 aromatic rings. The highest BCUT2D eigenvalue weighted by Crippen LogP contribution is 1.94. The van der Waals surface area contributed by atoms with Gasteiger partial charge in [-0.25, -0.2) is 0 Å². The SMILES string of the molecule is [C]1=C/C=C/C=C\C=C/CC\1. The maximum Gasteiger partial charge on any atom is -0.0241 e. The van der Waals surface area contributed by atoms with Crippen molar-refractivity contribution in [1.29, 1.82) is 0 Å². The molecule has 1 aliphatic rings. The van der Waals surface area contributed by atoms with Gasteiger partial charge in [-0.1, -0.05) is 42.5 Å². The predicted molar refractivity (Wildman–Crippen MR) is 44.5 cm³/mol. The lowest BCUT2D eigenvalue weighted by atomic mass is 10.2. The van der Waals surface area contributed by atoms with Crippen molar-refractivity contribution in [1.82, 2.24) is 0 Å². The van der Waals surface area contributed by atoms with Gasteiger partial charge in [-0.3, -0.25) is 0 Å². The van der Waals surface area contributed by atoms with Gasteiger partial charge in [0.05, 0.1) is 0 Å². The Bertz CT molecular complexity index is 158. The first kappa shape index (κ1) is 7.07. The van der Waals surface area contributed by atoms with Crippen LogP contribution in [0, 0.1) is 6.08 Å². The molecule has 1 radical (unpaired) electrons. The first-order valence-corrected chi connectivity index (χ1v) is 3.55. The topological polar surface area (TPSA) is 0 Å². The van der Waals surface area contributed by atoms with E-state index in [4.69, 9.17) is 0 Å². The van der Waals surface area contributed by atoms with E-state index >= 15 is 0 Å². The van der Waals surface area contributed by atoms with E-state index in [0.29, 0.717) is 0 Å². The van der Waals surface area contributed by atoms with Crippen LogP contribution in [-0.2, 0) is 0 Å². The molecule has 0 nitrogen and oxygen atoms in total. The Labute approximate surface area is 62.3 Å². The predicted octanol–water partition coefficient (Wildman–Crippen LogP) is 2.81. The van der Waals surface area contributed by atoms with E-state index < -0.39 is 0 Å². The maximum atomic E-state index is 3.16. The summed E-state index contributed by atoms with van der Waals surface area (Å²) in [6.45, 7) is 0. The van der Waals surface area contributed by atoms with Crippen molar-refractivity contribution in [2.75, 3.05) is 0 Å². The molecule has 0 aromatic heterocycles. The highest BCUT2D eigenvalue weighted by Gasteiger charge is 1.75. The Morgan fingerprint density at radius 3 is 2.70 bits per heavy atom. The fraction of sp³-hybridized carbons (Fsp3) is 0.200. The molecule has 0 fully saturated rings. The first-order chi connectivity index (χ1) is 5.00. The van der Waals surface area contributed by atoms with Gasteiger partial charge in [0.2, 0.25) is 0 Å². The van der Waals surface area contributed by atoms with Gasteiger partial charge >= 0.3 is 0 Å². The summed E-state index contributed by atoms with van der Waals surface area (Å²) in [7, 11) is 0. The van der Waals surface area contributed by atoms with Crippen molar-refractivity contribution in [3.05, 3.63) is 48.6 Å². The molecule has 0 spiro atoms. The molecule has 0 saturated carbocycles. The number of hydrogen-bond acceptors (Lipinski definition) is 0. The first-order valence-electron chi connectivity index (χ1n) is 3.55. The quantitative estimate of drug-likeness (QED) is 0.474. The number of rotatable bonds is 0. The standard InChI is InChI=1S/C10H11/c1-2-4-6-8-10-9-7-5-3-1/h1-7H,8,10H2/b2-1-,5-3+,6-4-,9-7?. The van der Waals surface area contributed by atoms with Crippen molar-refractivity contribution in [2.24, 2.45) is 0 Å².